The lowest BCUT2D eigenvalue weighted by molar-refractivity contribution is 0.191. The second-order valence-corrected chi connectivity index (χ2v) is 22.4. The van der Waals surface area contributed by atoms with Crippen molar-refractivity contribution in [2.75, 3.05) is 9.80 Å². The molecule has 0 radical (unpaired) electrons. The summed E-state index contributed by atoms with van der Waals surface area (Å²) in [6.45, 7) is 4.36. The first-order valence-corrected chi connectivity index (χ1v) is 27.2. The SMILES string of the molecule is Cc1ccccc1N(c1ccc(-c2ccc(F)cc2)cc1)c1ccc2c(c1)oc1c3c(ccc12)-c1c(cc(N(c2ccc(-c4ccc(F)cc4)cc2)c2ccccc2C)c2oc4ccccc4c12)C31C2CC3CC(C2)C1C3. The van der Waals surface area contributed by atoms with Crippen molar-refractivity contribution in [2.24, 2.45) is 23.7 Å². The number of rotatable bonds is 8. The van der Waals surface area contributed by atoms with Crippen LogP contribution in [0.5, 0.6) is 0 Å². The highest BCUT2D eigenvalue weighted by molar-refractivity contribution is 6.21. The molecule has 4 nitrogen and oxygen atoms in total. The summed E-state index contributed by atoms with van der Waals surface area (Å²) in [5, 5.41) is 4.53. The average Bonchev–Trinajstić information content (AvgIpc) is 4.22. The van der Waals surface area contributed by atoms with Crippen LogP contribution in [0.4, 0.5) is 42.9 Å². The Balaban J connectivity index is 0.920. The van der Waals surface area contributed by atoms with Crippen LogP contribution >= 0.6 is 0 Å². The Labute approximate surface area is 445 Å². The van der Waals surface area contributed by atoms with E-state index in [2.05, 4.69) is 181 Å². The van der Waals surface area contributed by atoms with Crippen molar-refractivity contribution in [1.29, 1.82) is 0 Å². The number of halogens is 2. The fourth-order valence-electron chi connectivity index (χ4n) is 15.3. The van der Waals surface area contributed by atoms with E-state index in [1.54, 1.807) is 0 Å². The monoisotopic (exact) mass is 1000 g/mol. The molecule has 6 heteroatoms. The largest absolute Gasteiger partial charge is 0.456 e. The fourth-order valence-corrected chi connectivity index (χ4v) is 15.3. The molecule has 4 fully saturated rings. The molecule has 5 aliphatic carbocycles. The highest BCUT2D eigenvalue weighted by atomic mass is 19.1. The van der Waals surface area contributed by atoms with Gasteiger partial charge in [-0.3, -0.25) is 0 Å². The van der Waals surface area contributed by atoms with Gasteiger partial charge in [0.15, 0.2) is 5.58 Å². The molecule has 17 rings (SSSR count). The van der Waals surface area contributed by atoms with Gasteiger partial charge < -0.3 is 18.6 Å². The van der Waals surface area contributed by atoms with Crippen LogP contribution in [-0.2, 0) is 5.41 Å². The van der Waals surface area contributed by atoms with Crippen LogP contribution in [0.15, 0.2) is 215 Å². The van der Waals surface area contributed by atoms with Gasteiger partial charge in [-0.15, -0.1) is 0 Å². The van der Waals surface area contributed by atoms with Gasteiger partial charge >= 0.3 is 0 Å². The highest BCUT2D eigenvalue weighted by Crippen LogP contribution is 2.75. The van der Waals surface area contributed by atoms with E-state index >= 15 is 0 Å². The van der Waals surface area contributed by atoms with Gasteiger partial charge in [0.25, 0.3) is 0 Å². The molecular formula is C71H52F2N2O2. The van der Waals surface area contributed by atoms with Crippen LogP contribution in [0.2, 0.25) is 0 Å². The molecule has 12 aromatic rings. The first-order valence-electron chi connectivity index (χ1n) is 27.2. The van der Waals surface area contributed by atoms with E-state index in [1.165, 1.54) is 72.2 Å². The van der Waals surface area contributed by atoms with Crippen LogP contribution in [0, 0.1) is 49.2 Å². The lowest BCUT2D eigenvalue weighted by Gasteiger charge is -2.44. The zero-order valence-electron chi connectivity index (χ0n) is 42.7. The van der Waals surface area contributed by atoms with Gasteiger partial charge in [0, 0.05) is 67.0 Å². The van der Waals surface area contributed by atoms with E-state index in [0.717, 1.165) is 117 Å². The van der Waals surface area contributed by atoms with E-state index in [0.29, 0.717) is 17.8 Å². The molecule has 77 heavy (non-hydrogen) atoms. The number of anilines is 6. The number of aryl methyl sites for hydroxylation is 2. The van der Waals surface area contributed by atoms with Crippen LogP contribution in [0.1, 0.15) is 47.9 Å². The summed E-state index contributed by atoms with van der Waals surface area (Å²) in [7, 11) is 0. The predicted molar refractivity (Wildman–Crippen MR) is 309 cm³/mol. The minimum atomic E-state index is -0.275. The number of hydrogen-bond acceptors (Lipinski definition) is 4. The fraction of sp³-hybridized carbons (Fsp3) is 0.155. The summed E-state index contributed by atoms with van der Waals surface area (Å²) >= 11 is 0. The first-order chi connectivity index (χ1) is 37.8. The predicted octanol–water partition coefficient (Wildman–Crippen LogP) is 20.0. The zero-order valence-corrected chi connectivity index (χ0v) is 42.7. The Morgan fingerprint density at radius 2 is 1.01 bits per heavy atom. The van der Waals surface area contributed by atoms with Crippen molar-refractivity contribution >= 4 is 78.0 Å². The molecular weight excluding hydrogens is 951 g/mol. The molecule has 4 bridgehead atoms. The van der Waals surface area contributed by atoms with Crippen molar-refractivity contribution in [3.8, 4) is 33.4 Å². The molecule has 372 valence electrons. The van der Waals surface area contributed by atoms with Crippen molar-refractivity contribution in [2.45, 2.75) is 44.9 Å². The second-order valence-electron chi connectivity index (χ2n) is 22.4. The molecule has 2 heterocycles. The standard InChI is InChI=1S/C71H52F2N2O2/c1-41-9-3-6-12-61(41)74(52-27-19-46(20-28-52)44-15-23-50(72)24-16-44)54-31-32-55-56-33-34-58-66-60(71(68(58)69(56)77-65(55)39-54)49-36-43-35-48(38-49)59(71)37-43)40-63(70-67(66)57-11-5-8-14-64(57)76-70)75(62-13-7-4-10-42(62)2)53-29-21-47(22-30-53)45-17-25-51(73)26-18-45/h3-34,39-40,43,48-49,59H,35-38H2,1-2H3. The number of nitrogens with zero attached hydrogens (tertiary/aromatic N) is 2. The van der Waals surface area contributed by atoms with E-state index in [9.17, 15) is 8.78 Å². The Morgan fingerprint density at radius 3 is 1.66 bits per heavy atom. The van der Waals surface area contributed by atoms with Crippen LogP contribution in [-0.4, -0.2) is 0 Å². The zero-order chi connectivity index (χ0) is 51.3. The maximum atomic E-state index is 14.1. The van der Waals surface area contributed by atoms with Gasteiger partial charge in [0.1, 0.15) is 28.4 Å². The normalized spacial score (nSPS) is 19.8. The number of fused-ring (bicyclic) bond motifs is 11. The van der Waals surface area contributed by atoms with Gasteiger partial charge in [0.2, 0.25) is 0 Å². The van der Waals surface area contributed by atoms with E-state index in [-0.39, 0.29) is 17.0 Å². The summed E-state index contributed by atoms with van der Waals surface area (Å²) < 4.78 is 42.8. The number of furan rings is 2. The second kappa shape index (κ2) is 16.6. The van der Waals surface area contributed by atoms with Crippen molar-refractivity contribution < 1.29 is 17.6 Å². The van der Waals surface area contributed by atoms with Crippen molar-refractivity contribution in [1.82, 2.24) is 0 Å². The maximum absolute atomic E-state index is 14.1. The van der Waals surface area contributed by atoms with E-state index in [1.807, 2.05) is 24.3 Å². The van der Waals surface area contributed by atoms with Gasteiger partial charge in [-0.25, -0.2) is 8.78 Å². The maximum Gasteiger partial charge on any atom is 0.160 e. The third-order valence-electron chi connectivity index (χ3n) is 18.4. The van der Waals surface area contributed by atoms with Crippen LogP contribution in [0.25, 0.3) is 77.3 Å². The first kappa shape index (κ1) is 44.5. The lowest BCUT2D eigenvalue weighted by atomic mass is 9.59. The Hall–Kier alpha value is -8.74. The Bertz CT molecular complexity index is 4360. The minimum Gasteiger partial charge on any atom is -0.456 e. The Morgan fingerprint density at radius 1 is 0.455 bits per heavy atom. The van der Waals surface area contributed by atoms with Crippen LogP contribution in [0.3, 0.4) is 0 Å². The quantitative estimate of drug-likeness (QED) is 0.152. The summed E-state index contributed by atoms with van der Waals surface area (Å²) in [6, 6.07) is 70.5. The van der Waals surface area contributed by atoms with Gasteiger partial charge in [-0.05, 0) is 204 Å². The van der Waals surface area contributed by atoms with E-state index in [4.69, 9.17) is 8.83 Å². The number of hydrogen-bond donors (Lipinski definition) is 0. The number of benzene rings is 10. The summed E-state index contributed by atoms with van der Waals surface area (Å²) in [5.74, 6) is 1.84. The molecule has 1 spiro atoms. The molecule has 5 atom stereocenters. The topological polar surface area (TPSA) is 32.8 Å². The van der Waals surface area contributed by atoms with Gasteiger partial charge in [0.05, 0.1) is 5.69 Å². The molecule has 0 aliphatic heterocycles. The molecule has 4 saturated carbocycles. The van der Waals surface area contributed by atoms with Crippen molar-refractivity contribution in [3.63, 3.8) is 0 Å². The lowest BCUT2D eigenvalue weighted by Crippen LogP contribution is -2.40. The smallest absolute Gasteiger partial charge is 0.160 e. The van der Waals surface area contributed by atoms with Gasteiger partial charge in [-0.2, -0.15) is 0 Å². The van der Waals surface area contributed by atoms with Gasteiger partial charge in [-0.1, -0.05) is 109 Å². The third-order valence-corrected chi connectivity index (χ3v) is 18.4. The average molecular weight is 1000 g/mol. The Kier molecular flexibility index (Phi) is 9.62. The molecule has 0 N–H and O–H groups in total. The molecule has 10 aromatic carbocycles. The third kappa shape index (κ3) is 6.48. The molecule has 5 unspecified atom stereocenters. The summed E-state index contributed by atoms with van der Waals surface area (Å²) in [4.78, 5) is 4.75. The van der Waals surface area contributed by atoms with Crippen LogP contribution < -0.4 is 9.80 Å². The minimum absolute atomic E-state index is 0.244. The highest BCUT2D eigenvalue weighted by Gasteiger charge is 2.67. The van der Waals surface area contributed by atoms with Crippen molar-refractivity contribution in [3.05, 3.63) is 240 Å². The molecule has 2 aromatic heterocycles. The van der Waals surface area contributed by atoms with E-state index < -0.39 is 0 Å². The number of para-hydroxylation sites is 3. The molecule has 0 amide bonds. The summed E-state index contributed by atoms with van der Waals surface area (Å²) in [6.07, 6.45) is 4.95. The molecule has 5 aliphatic rings. The molecule has 0 saturated heterocycles. The summed E-state index contributed by atoms with van der Waals surface area (Å²) in [5.41, 5.74) is 21.2.